The Balaban J connectivity index is 1.74. The Bertz CT molecular complexity index is 701. The van der Waals surface area contributed by atoms with Gasteiger partial charge in [-0.3, -0.25) is 4.79 Å². The van der Waals surface area contributed by atoms with Gasteiger partial charge < -0.3 is 14.4 Å². The molecule has 1 fully saturated rings. The summed E-state index contributed by atoms with van der Waals surface area (Å²) in [4.78, 5) is 18.1. The van der Waals surface area contributed by atoms with Crippen molar-refractivity contribution in [3.05, 3.63) is 23.7 Å². The number of aliphatic carboxylic acids is 1. The average molecular weight is 332 g/mol. The van der Waals surface area contributed by atoms with E-state index >= 15 is 0 Å². The number of carboxylic acids is 1. The molecule has 7 heteroatoms. The monoisotopic (exact) mass is 332 g/mol. The maximum absolute atomic E-state index is 11.1. The van der Waals surface area contributed by atoms with Crippen molar-refractivity contribution in [2.45, 2.75) is 52.1 Å². The fourth-order valence-electron chi connectivity index (χ4n) is 3.18. The zero-order valence-corrected chi connectivity index (χ0v) is 14.2. The molecule has 1 atom stereocenters. The normalized spacial score (nSPS) is 16.6. The van der Waals surface area contributed by atoms with Gasteiger partial charge in [0.15, 0.2) is 5.76 Å². The van der Waals surface area contributed by atoms with Crippen LogP contribution in [-0.4, -0.2) is 49.9 Å². The van der Waals surface area contributed by atoms with Crippen molar-refractivity contribution in [2.75, 3.05) is 13.1 Å². The third-order valence-corrected chi connectivity index (χ3v) is 4.54. The number of carboxylic acid groups (broad SMARTS) is 1. The van der Waals surface area contributed by atoms with Crippen LogP contribution in [0.2, 0.25) is 0 Å². The van der Waals surface area contributed by atoms with E-state index in [2.05, 4.69) is 21.9 Å². The number of hydrogen-bond donors (Lipinski definition) is 1. The molecule has 1 N–H and O–H groups in total. The molecule has 2 aromatic rings. The first kappa shape index (κ1) is 16.7. The lowest BCUT2D eigenvalue weighted by Crippen LogP contribution is -2.30. The Morgan fingerprint density at radius 2 is 2.12 bits per heavy atom. The van der Waals surface area contributed by atoms with Gasteiger partial charge in [0, 0.05) is 12.5 Å². The van der Waals surface area contributed by atoms with Crippen molar-refractivity contribution in [2.24, 2.45) is 0 Å². The van der Waals surface area contributed by atoms with Crippen LogP contribution in [0.4, 0.5) is 0 Å². The number of furan rings is 1. The van der Waals surface area contributed by atoms with Gasteiger partial charge in [0.25, 0.3) is 0 Å². The van der Waals surface area contributed by atoms with Gasteiger partial charge in [0.05, 0.1) is 0 Å². The molecule has 1 unspecified atom stereocenters. The highest BCUT2D eigenvalue weighted by Gasteiger charge is 2.20. The SMILES string of the molecule is Cc1ccc(-c2nc(CCC(C)N3CCCC3)n(CC(=O)O)n2)o1. The van der Waals surface area contributed by atoms with Gasteiger partial charge in [0.1, 0.15) is 18.1 Å². The fourth-order valence-corrected chi connectivity index (χ4v) is 3.18. The topological polar surface area (TPSA) is 84.4 Å². The maximum atomic E-state index is 11.1. The van der Waals surface area contributed by atoms with Gasteiger partial charge in [-0.05, 0) is 58.3 Å². The van der Waals surface area contributed by atoms with Crippen LogP contribution in [-0.2, 0) is 17.8 Å². The van der Waals surface area contributed by atoms with E-state index in [1.165, 1.54) is 17.5 Å². The third kappa shape index (κ3) is 3.84. The molecule has 1 aliphatic heterocycles. The first-order valence-electron chi connectivity index (χ1n) is 8.49. The molecule has 130 valence electrons. The highest BCUT2D eigenvalue weighted by Crippen LogP contribution is 2.20. The van der Waals surface area contributed by atoms with Crippen molar-refractivity contribution in [1.82, 2.24) is 19.7 Å². The van der Waals surface area contributed by atoms with Gasteiger partial charge in [0.2, 0.25) is 5.82 Å². The van der Waals surface area contributed by atoms with E-state index in [1.807, 2.05) is 19.1 Å². The summed E-state index contributed by atoms with van der Waals surface area (Å²) in [5, 5.41) is 13.4. The molecule has 0 saturated carbocycles. The largest absolute Gasteiger partial charge is 0.480 e. The van der Waals surface area contributed by atoms with Crippen molar-refractivity contribution in [3.8, 4) is 11.6 Å². The quantitative estimate of drug-likeness (QED) is 0.838. The van der Waals surface area contributed by atoms with Crippen LogP contribution in [0.3, 0.4) is 0 Å². The summed E-state index contributed by atoms with van der Waals surface area (Å²) in [6.45, 7) is 6.20. The fraction of sp³-hybridized carbons (Fsp3) is 0.588. The Hall–Kier alpha value is -2.15. The van der Waals surface area contributed by atoms with Crippen molar-refractivity contribution in [3.63, 3.8) is 0 Å². The van der Waals surface area contributed by atoms with Crippen molar-refractivity contribution >= 4 is 5.97 Å². The second-order valence-electron chi connectivity index (χ2n) is 6.44. The highest BCUT2D eigenvalue weighted by molar-refractivity contribution is 5.66. The molecule has 1 aliphatic rings. The minimum absolute atomic E-state index is 0.180. The number of aryl methyl sites for hydroxylation is 2. The van der Waals surface area contributed by atoms with Crippen LogP contribution in [0, 0.1) is 6.92 Å². The number of likely N-dealkylation sites (tertiary alicyclic amines) is 1. The first-order chi connectivity index (χ1) is 11.5. The van der Waals surface area contributed by atoms with Crippen molar-refractivity contribution < 1.29 is 14.3 Å². The van der Waals surface area contributed by atoms with E-state index < -0.39 is 5.97 Å². The molecule has 0 amide bonds. The third-order valence-electron chi connectivity index (χ3n) is 4.54. The molecule has 0 aliphatic carbocycles. The second kappa shape index (κ2) is 7.17. The summed E-state index contributed by atoms with van der Waals surface area (Å²) < 4.78 is 7.03. The molecule has 3 heterocycles. The molecule has 3 rings (SSSR count). The minimum atomic E-state index is -0.920. The summed E-state index contributed by atoms with van der Waals surface area (Å²) in [7, 11) is 0. The molecule has 2 aromatic heterocycles. The number of nitrogens with zero attached hydrogens (tertiary/aromatic N) is 4. The summed E-state index contributed by atoms with van der Waals surface area (Å²) in [5.74, 6) is 1.59. The molecule has 1 saturated heterocycles. The lowest BCUT2D eigenvalue weighted by atomic mass is 10.1. The molecular weight excluding hydrogens is 308 g/mol. The van der Waals surface area contributed by atoms with Crippen LogP contribution in [0.1, 0.15) is 37.8 Å². The zero-order valence-electron chi connectivity index (χ0n) is 14.2. The second-order valence-corrected chi connectivity index (χ2v) is 6.44. The predicted octanol–water partition coefficient (Wildman–Crippen LogP) is 2.35. The van der Waals surface area contributed by atoms with Crippen LogP contribution in [0.15, 0.2) is 16.5 Å². The Morgan fingerprint density at radius 3 is 2.75 bits per heavy atom. The van der Waals surface area contributed by atoms with E-state index in [1.54, 1.807) is 0 Å². The molecule has 0 bridgehead atoms. The van der Waals surface area contributed by atoms with Crippen LogP contribution >= 0.6 is 0 Å². The van der Waals surface area contributed by atoms with Crippen LogP contribution in [0.25, 0.3) is 11.6 Å². The van der Waals surface area contributed by atoms with E-state index in [0.29, 0.717) is 29.9 Å². The number of rotatable bonds is 7. The highest BCUT2D eigenvalue weighted by atomic mass is 16.4. The number of carbonyl (C=O) groups is 1. The smallest absolute Gasteiger partial charge is 0.325 e. The molecular formula is C17H24N4O3. The van der Waals surface area contributed by atoms with E-state index in [4.69, 9.17) is 9.52 Å². The molecule has 7 nitrogen and oxygen atoms in total. The molecule has 0 spiro atoms. The minimum Gasteiger partial charge on any atom is -0.480 e. The first-order valence-corrected chi connectivity index (χ1v) is 8.49. The maximum Gasteiger partial charge on any atom is 0.325 e. The molecule has 24 heavy (non-hydrogen) atoms. The zero-order chi connectivity index (χ0) is 17.1. The van der Waals surface area contributed by atoms with Crippen molar-refractivity contribution in [1.29, 1.82) is 0 Å². The Labute approximate surface area is 141 Å². The predicted molar refractivity (Wildman–Crippen MR) is 88.7 cm³/mol. The van der Waals surface area contributed by atoms with Gasteiger partial charge in [-0.1, -0.05) is 0 Å². The van der Waals surface area contributed by atoms with E-state index in [9.17, 15) is 4.79 Å². The number of aromatic nitrogens is 3. The molecule has 0 radical (unpaired) electrons. The molecule has 0 aromatic carbocycles. The lowest BCUT2D eigenvalue weighted by molar-refractivity contribution is -0.137. The lowest BCUT2D eigenvalue weighted by Gasteiger charge is -2.23. The Kier molecular flexibility index (Phi) is 4.99. The van der Waals surface area contributed by atoms with E-state index in [-0.39, 0.29) is 6.54 Å². The van der Waals surface area contributed by atoms with Crippen LogP contribution < -0.4 is 0 Å². The van der Waals surface area contributed by atoms with E-state index in [0.717, 1.165) is 25.3 Å². The summed E-state index contributed by atoms with van der Waals surface area (Å²) >= 11 is 0. The summed E-state index contributed by atoms with van der Waals surface area (Å²) in [5.41, 5.74) is 0. The van der Waals surface area contributed by atoms with Crippen LogP contribution in [0.5, 0.6) is 0 Å². The Morgan fingerprint density at radius 1 is 1.38 bits per heavy atom. The van der Waals surface area contributed by atoms with Gasteiger partial charge in [-0.25, -0.2) is 9.67 Å². The standard InChI is InChI=1S/C17H24N4O3/c1-12(20-9-3-4-10-20)5-8-15-18-17(14-7-6-13(2)24-14)19-21(15)11-16(22)23/h6-7,12H,3-5,8-11H2,1-2H3,(H,22,23). The van der Waals surface area contributed by atoms with Gasteiger partial charge in [-0.2, -0.15) is 0 Å². The summed E-state index contributed by atoms with van der Waals surface area (Å²) in [6, 6.07) is 4.13. The van der Waals surface area contributed by atoms with Gasteiger partial charge >= 0.3 is 5.97 Å². The van der Waals surface area contributed by atoms with Gasteiger partial charge in [-0.15, -0.1) is 5.10 Å². The average Bonchev–Trinajstić information content (AvgIpc) is 3.24. The number of hydrogen-bond acceptors (Lipinski definition) is 5. The summed E-state index contributed by atoms with van der Waals surface area (Å²) in [6.07, 6.45) is 4.18.